The maximum atomic E-state index is 14.2. The van der Waals surface area contributed by atoms with Crippen LogP contribution >= 0.6 is 11.8 Å². The minimum atomic E-state index is -6.08. The van der Waals surface area contributed by atoms with E-state index in [-0.39, 0.29) is 5.56 Å². The van der Waals surface area contributed by atoms with Gasteiger partial charge in [0.1, 0.15) is 10.5 Å². The highest BCUT2D eigenvalue weighted by Crippen LogP contribution is 2.37. The Bertz CT molecular complexity index is 2110. The number of benzene rings is 3. The average molecular weight is 869 g/mol. The van der Waals surface area contributed by atoms with Gasteiger partial charge < -0.3 is 24.8 Å². The van der Waals surface area contributed by atoms with Gasteiger partial charge in [-0.05, 0) is 102 Å². The van der Waals surface area contributed by atoms with Crippen LogP contribution in [0.3, 0.4) is 0 Å². The summed E-state index contributed by atoms with van der Waals surface area (Å²) in [5.41, 5.74) is -6.02. The number of anilines is 2. The van der Waals surface area contributed by atoms with E-state index >= 15 is 0 Å². The lowest BCUT2D eigenvalue weighted by Crippen LogP contribution is -2.50. The van der Waals surface area contributed by atoms with Crippen molar-refractivity contribution in [3.8, 4) is 0 Å². The zero-order chi connectivity index (χ0) is 42.5. The predicted molar refractivity (Wildman–Crippen MR) is 219 cm³/mol. The number of carbonyl (C=O) groups is 2. The van der Waals surface area contributed by atoms with Crippen molar-refractivity contribution in [2.75, 3.05) is 75.9 Å². The molecule has 2 aliphatic heterocycles. The van der Waals surface area contributed by atoms with Gasteiger partial charge >= 0.3 is 11.6 Å². The summed E-state index contributed by atoms with van der Waals surface area (Å²) in [5.74, 6) is -0.720. The molecule has 0 aromatic heterocycles. The van der Waals surface area contributed by atoms with Gasteiger partial charge in [0.05, 0.1) is 10.6 Å². The Morgan fingerprint density at radius 1 is 0.914 bits per heavy atom. The Morgan fingerprint density at radius 3 is 2.16 bits per heavy atom. The lowest BCUT2D eigenvalue weighted by Gasteiger charge is -2.36. The summed E-state index contributed by atoms with van der Waals surface area (Å²) in [6.07, 6.45) is 0.900. The molecule has 3 aromatic rings. The minimum absolute atomic E-state index is 0.0119. The molecule has 2 atom stereocenters. The highest BCUT2D eigenvalue weighted by Gasteiger charge is 2.48. The number of ether oxygens (including phenoxy) is 1. The molecule has 0 bridgehead atoms. The molecular formula is C39H51F3N6O7S3. The fourth-order valence-corrected chi connectivity index (χ4v) is 9.56. The van der Waals surface area contributed by atoms with Crippen LogP contribution in [0.5, 0.6) is 0 Å². The number of sulfonamides is 1. The van der Waals surface area contributed by atoms with Crippen LogP contribution in [0.2, 0.25) is 0 Å². The molecule has 3 aromatic carbocycles. The molecule has 2 saturated heterocycles. The third-order valence-corrected chi connectivity index (χ3v) is 13.9. The number of likely N-dealkylation sites (N-methyl/N-ethyl adjacent to an activating group) is 1. The van der Waals surface area contributed by atoms with Crippen LogP contribution in [0.4, 0.5) is 29.3 Å². The standard InChI is InChI=1S/C39H51F3N6O7S3/c1-38(2,3)55-37(50)47-23-21-46(22-24-47)19-17-29(27-56-32-9-7-6-8-10-32)43-34-16-15-33(25-35(34)57(51,52)39(40,41)42)58(53,54)44-36(49)28-11-13-30(14-12-28)48-20-18-31(26-48)45(4)5/h6-16,25,29,31,43H,17-24,26-27H2,1-5H3,(H,44,49)/t29?,31-/m1/s1. The highest BCUT2D eigenvalue weighted by molar-refractivity contribution is 7.99. The van der Waals surface area contributed by atoms with Gasteiger partial charge in [-0.2, -0.15) is 13.2 Å². The molecule has 2 fully saturated rings. The SMILES string of the molecule is CN(C)[C@@H]1CCN(c2ccc(C(=O)NS(=O)(=O)c3ccc(NC(CCN4CCN(C(=O)OC(C)(C)C)CC4)CSc4ccccc4)c(S(=O)(=O)C(F)(F)F)c3)cc2)C1. The predicted octanol–water partition coefficient (Wildman–Crippen LogP) is 5.75. The number of alkyl halides is 3. The number of hydrogen-bond acceptors (Lipinski definition) is 12. The molecular weight excluding hydrogens is 818 g/mol. The number of carbonyl (C=O) groups excluding carboxylic acids is 2. The molecule has 13 nitrogen and oxygen atoms in total. The fraction of sp³-hybridized carbons (Fsp3) is 0.487. The summed E-state index contributed by atoms with van der Waals surface area (Å²) < 4.78 is 103. The van der Waals surface area contributed by atoms with Crippen LogP contribution < -0.4 is 14.9 Å². The Labute approximate surface area is 343 Å². The second-order valence-corrected chi connectivity index (χ2v) is 20.2. The van der Waals surface area contributed by atoms with Crippen LogP contribution in [0.1, 0.15) is 44.0 Å². The van der Waals surface area contributed by atoms with E-state index in [0.29, 0.717) is 57.0 Å². The van der Waals surface area contributed by atoms with E-state index in [1.807, 2.05) is 49.1 Å². The second kappa shape index (κ2) is 18.5. The quantitative estimate of drug-likeness (QED) is 0.190. The summed E-state index contributed by atoms with van der Waals surface area (Å²) in [6, 6.07) is 17.7. The zero-order valence-electron chi connectivity index (χ0n) is 33.2. The first-order valence-corrected chi connectivity index (χ1v) is 22.8. The van der Waals surface area contributed by atoms with Crippen molar-refractivity contribution in [2.45, 2.75) is 71.5 Å². The third-order valence-electron chi connectivity index (χ3n) is 9.84. The first kappa shape index (κ1) is 45.1. The number of piperazine rings is 1. The Kier molecular flexibility index (Phi) is 14.4. The van der Waals surface area contributed by atoms with Gasteiger partial charge in [-0.3, -0.25) is 9.69 Å². The van der Waals surface area contributed by atoms with Crippen LogP contribution in [0.25, 0.3) is 0 Å². The number of nitrogens with one attached hydrogen (secondary N) is 2. The summed E-state index contributed by atoms with van der Waals surface area (Å²) in [7, 11) is -6.92. The molecule has 0 saturated carbocycles. The minimum Gasteiger partial charge on any atom is -0.444 e. The van der Waals surface area contributed by atoms with E-state index in [0.717, 1.165) is 42.2 Å². The second-order valence-electron chi connectivity index (χ2n) is 15.5. The van der Waals surface area contributed by atoms with E-state index < -0.39 is 64.5 Å². The van der Waals surface area contributed by atoms with E-state index in [1.165, 1.54) is 23.9 Å². The van der Waals surface area contributed by atoms with Gasteiger partial charge in [-0.15, -0.1) is 11.8 Å². The topological polar surface area (TPSA) is 149 Å². The van der Waals surface area contributed by atoms with Crippen molar-refractivity contribution in [3.63, 3.8) is 0 Å². The van der Waals surface area contributed by atoms with Crippen molar-refractivity contribution >= 4 is 55.0 Å². The van der Waals surface area contributed by atoms with Gasteiger partial charge in [0, 0.05) is 79.8 Å². The Morgan fingerprint density at radius 2 is 1.57 bits per heavy atom. The van der Waals surface area contributed by atoms with Gasteiger partial charge in [0.2, 0.25) is 0 Å². The Hall–Kier alpha value is -4.04. The van der Waals surface area contributed by atoms with Gasteiger partial charge in [-0.25, -0.2) is 26.4 Å². The Balaban J connectivity index is 1.34. The molecule has 19 heteroatoms. The number of sulfone groups is 1. The molecule has 5 rings (SSSR count). The number of amides is 2. The van der Waals surface area contributed by atoms with Gasteiger partial charge in [-0.1, -0.05) is 18.2 Å². The number of hydrogen-bond donors (Lipinski definition) is 2. The molecule has 2 N–H and O–H groups in total. The summed E-state index contributed by atoms with van der Waals surface area (Å²) >= 11 is 1.41. The van der Waals surface area contributed by atoms with Crippen LogP contribution in [-0.2, 0) is 24.6 Å². The lowest BCUT2D eigenvalue weighted by atomic mass is 10.2. The molecule has 318 valence electrons. The largest absolute Gasteiger partial charge is 0.501 e. The zero-order valence-corrected chi connectivity index (χ0v) is 35.6. The van der Waals surface area contributed by atoms with Gasteiger partial charge in [0.25, 0.3) is 25.8 Å². The number of rotatable bonds is 14. The van der Waals surface area contributed by atoms with Crippen molar-refractivity contribution in [1.82, 2.24) is 19.4 Å². The van der Waals surface area contributed by atoms with E-state index in [9.17, 15) is 39.6 Å². The van der Waals surface area contributed by atoms with Crippen LogP contribution in [-0.4, -0.2) is 132 Å². The smallest absolute Gasteiger partial charge is 0.444 e. The van der Waals surface area contributed by atoms with Crippen molar-refractivity contribution < 1.29 is 44.3 Å². The number of halogens is 3. The molecule has 2 heterocycles. The van der Waals surface area contributed by atoms with Crippen LogP contribution in [0.15, 0.2) is 87.5 Å². The highest BCUT2D eigenvalue weighted by atomic mass is 32.2. The van der Waals surface area contributed by atoms with Crippen molar-refractivity contribution in [2.24, 2.45) is 0 Å². The molecule has 0 spiro atoms. The molecule has 0 radical (unpaired) electrons. The van der Waals surface area contributed by atoms with Gasteiger partial charge in [0.15, 0.2) is 0 Å². The van der Waals surface area contributed by atoms with E-state index in [2.05, 4.69) is 20.0 Å². The summed E-state index contributed by atoms with van der Waals surface area (Å²) in [5, 5.41) is 2.97. The maximum Gasteiger partial charge on any atom is 0.501 e. The number of thioether (sulfide) groups is 1. The molecule has 1 unspecified atom stereocenters. The monoisotopic (exact) mass is 868 g/mol. The molecule has 58 heavy (non-hydrogen) atoms. The first-order chi connectivity index (χ1) is 27.1. The first-order valence-electron chi connectivity index (χ1n) is 18.8. The van der Waals surface area contributed by atoms with Crippen LogP contribution in [0, 0.1) is 0 Å². The summed E-state index contributed by atoms with van der Waals surface area (Å²) in [6.45, 7) is 9.26. The lowest BCUT2D eigenvalue weighted by molar-refractivity contribution is -0.0436. The fourth-order valence-electron chi connectivity index (χ4n) is 6.55. The summed E-state index contributed by atoms with van der Waals surface area (Å²) in [4.78, 5) is 32.4. The third kappa shape index (κ3) is 11.8. The molecule has 2 aliphatic rings. The van der Waals surface area contributed by atoms with E-state index in [4.69, 9.17) is 4.74 Å². The normalized spacial score (nSPS) is 17.6. The van der Waals surface area contributed by atoms with Crippen molar-refractivity contribution in [1.29, 1.82) is 0 Å². The van der Waals surface area contributed by atoms with E-state index in [1.54, 1.807) is 37.8 Å². The molecule has 2 amide bonds. The maximum absolute atomic E-state index is 14.2. The molecule has 0 aliphatic carbocycles. The average Bonchev–Trinajstić information content (AvgIpc) is 3.66. The van der Waals surface area contributed by atoms with Crippen molar-refractivity contribution in [3.05, 3.63) is 78.4 Å². The number of nitrogens with zero attached hydrogens (tertiary/aromatic N) is 4.